The van der Waals surface area contributed by atoms with E-state index in [1.807, 2.05) is 12.1 Å². The van der Waals surface area contributed by atoms with Crippen LogP contribution in [0.4, 0.5) is 0 Å². The van der Waals surface area contributed by atoms with Crippen molar-refractivity contribution in [3.63, 3.8) is 0 Å². The number of fused-ring (bicyclic) bond motifs is 1. The van der Waals surface area contributed by atoms with Gasteiger partial charge in [0, 0.05) is 16.7 Å². The van der Waals surface area contributed by atoms with E-state index in [4.69, 9.17) is 4.74 Å². The molecule has 29 heavy (non-hydrogen) atoms. The van der Waals surface area contributed by atoms with Crippen molar-refractivity contribution in [3.8, 4) is 5.75 Å². The molecule has 0 saturated heterocycles. The van der Waals surface area contributed by atoms with Crippen LogP contribution in [-0.2, 0) is 5.60 Å². The zero-order valence-corrected chi connectivity index (χ0v) is 16.4. The molecule has 0 radical (unpaired) electrons. The molecule has 0 amide bonds. The van der Waals surface area contributed by atoms with Gasteiger partial charge in [-0.05, 0) is 36.3 Å². The molecule has 4 aromatic rings. The number of benzene rings is 4. The van der Waals surface area contributed by atoms with E-state index in [1.165, 1.54) is 16.7 Å². The SMILES string of the molecule is Cc1ccc2c(c1)C(c1ccccc1)=CC(c1ccccc1)(c1ccccc1)O2. The van der Waals surface area contributed by atoms with E-state index >= 15 is 0 Å². The average Bonchev–Trinajstić information content (AvgIpc) is 2.80. The number of aryl methyl sites for hydroxylation is 1. The van der Waals surface area contributed by atoms with Crippen molar-refractivity contribution >= 4 is 5.57 Å². The summed E-state index contributed by atoms with van der Waals surface area (Å²) in [5, 5.41) is 0. The average molecular weight is 374 g/mol. The van der Waals surface area contributed by atoms with Crippen LogP contribution in [0.3, 0.4) is 0 Å². The van der Waals surface area contributed by atoms with Crippen molar-refractivity contribution in [2.75, 3.05) is 0 Å². The Kier molecular flexibility index (Phi) is 4.29. The van der Waals surface area contributed by atoms with E-state index in [1.54, 1.807) is 0 Å². The molecular weight excluding hydrogens is 352 g/mol. The van der Waals surface area contributed by atoms with Gasteiger partial charge in [-0.15, -0.1) is 0 Å². The fourth-order valence-corrected chi connectivity index (χ4v) is 4.11. The van der Waals surface area contributed by atoms with Crippen LogP contribution in [0.1, 0.15) is 27.8 Å². The Morgan fingerprint density at radius 2 is 1.17 bits per heavy atom. The van der Waals surface area contributed by atoms with Crippen LogP contribution in [0.15, 0.2) is 115 Å². The van der Waals surface area contributed by atoms with Crippen LogP contribution >= 0.6 is 0 Å². The van der Waals surface area contributed by atoms with Gasteiger partial charge in [0.25, 0.3) is 0 Å². The summed E-state index contributed by atoms with van der Waals surface area (Å²) >= 11 is 0. The molecular formula is C28H22O. The lowest BCUT2D eigenvalue weighted by Crippen LogP contribution is -2.35. The maximum absolute atomic E-state index is 6.82. The number of hydrogen-bond donors (Lipinski definition) is 0. The topological polar surface area (TPSA) is 9.23 Å². The largest absolute Gasteiger partial charge is 0.473 e. The molecule has 4 aromatic carbocycles. The van der Waals surface area contributed by atoms with Crippen molar-refractivity contribution in [1.29, 1.82) is 0 Å². The standard InChI is InChI=1S/C28H22O/c1-21-17-18-27-25(19-21)26(22-11-5-2-6-12-22)20-28(29-27,23-13-7-3-8-14-23)24-15-9-4-10-16-24/h2-20H,1H3. The van der Waals surface area contributed by atoms with Gasteiger partial charge in [-0.3, -0.25) is 0 Å². The lowest BCUT2D eigenvalue weighted by molar-refractivity contribution is 0.160. The minimum Gasteiger partial charge on any atom is -0.473 e. The zero-order chi connectivity index (χ0) is 19.7. The number of hydrogen-bond acceptors (Lipinski definition) is 1. The van der Waals surface area contributed by atoms with Gasteiger partial charge >= 0.3 is 0 Å². The molecule has 1 aliphatic heterocycles. The van der Waals surface area contributed by atoms with Crippen molar-refractivity contribution in [3.05, 3.63) is 143 Å². The quantitative estimate of drug-likeness (QED) is 0.385. The molecule has 1 aliphatic rings. The van der Waals surface area contributed by atoms with Gasteiger partial charge in [-0.1, -0.05) is 103 Å². The second-order valence-corrected chi connectivity index (χ2v) is 7.49. The van der Waals surface area contributed by atoms with Crippen LogP contribution in [0.25, 0.3) is 5.57 Å². The van der Waals surface area contributed by atoms with E-state index in [0.29, 0.717) is 0 Å². The van der Waals surface area contributed by atoms with E-state index in [2.05, 4.69) is 110 Å². The predicted molar refractivity (Wildman–Crippen MR) is 119 cm³/mol. The maximum atomic E-state index is 6.82. The van der Waals surface area contributed by atoms with E-state index in [-0.39, 0.29) is 0 Å². The molecule has 0 aromatic heterocycles. The molecule has 1 heteroatoms. The first-order valence-electron chi connectivity index (χ1n) is 9.96. The van der Waals surface area contributed by atoms with Gasteiger partial charge < -0.3 is 4.74 Å². The molecule has 140 valence electrons. The van der Waals surface area contributed by atoms with Crippen molar-refractivity contribution in [2.45, 2.75) is 12.5 Å². The van der Waals surface area contributed by atoms with Gasteiger partial charge in [0.1, 0.15) is 5.75 Å². The summed E-state index contributed by atoms with van der Waals surface area (Å²) in [5.41, 5.74) is 6.30. The molecule has 0 atom stereocenters. The Labute approximate surface area is 171 Å². The van der Waals surface area contributed by atoms with Gasteiger partial charge in [0.15, 0.2) is 5.60 Å². The highest BCUT2D eigenvalue weighted by molar-refractivity contribution is 5.86. The summed E-state index contributed by atoms with van der Waals surface area (Å²) < 4.78 is 6.82. The third-order valence-electron chi connectivity index (χ3n) is 5.53. The van der Waals surface area contributed by atoms with Crippen molar-refractivity contribution in [2.24, 2.45) is 0 Å². The second kappa shape index (κ2) is 7.10. The molecule has 0 bridgehead atoms. The van der Waals surface area contributed by atoms with Gasteiger partial charge in [0.2, 0.25) is 0 Å². The Morgan fingerprint density at radius 3 is 1.76 bits per heavy atom. The van der Waals surface area contributed by atoms with Gasteiger partial charge in [0.05, 0.1) is 0 Å². The second-order valence-electron chi connectivity index (χ2n) is 7.49. The first kappa shape index (κ1) is 17.5. The summed E-state index contributed by atoms with van der Waals surface area (Å²) in [6, 6.07) is 38.0. The Bertz CT molecular complexity index is 1120. The van der Waals surface area contributed by atoms with Crippen LogP contribution in [0.2, 0.25) is 0 Å². The first-order chi connectivity index (χ1) is 14.3. The van der Waals surface area contributed by atoms with Crippen LogP contribution < -0.4 is 4.74 Å². The monoisotopic (exact) mass is 374 g/mol. The third-order valence-corrected chi connectivity index (χ3v) is 5.53. The molecule has 0 saturated carbocycles. The maximum Gasteiger partial charge on any atom is 0.178 e. The summed E-state index contributed by atoms with van der Waals surface area (Å²) in [7, 11) is 0. The Balaban J connectivity index is 1.84. The highest BCUT2D eigenvalue weighted by atomic mass is 16.5. The number of rotatable bonds is 3. The molecule has 0 spiro atoms. The molecule has 0 fully saturated rings. The molecule has 0 unspecified atom stereocenters. The van der Waals surface area contributed by atoms with E-state index < -0.39 is 5.60 Å². The number of ether oxygens (including phenoxy) is 1. The minimum atomic E-state index is -0.685. The summed E-state index contributed by atoms with van der Waals surface area (Å²) in [6.45, 7) is 2.12. The zero-order valence-electron chi connectivity index (χ0n) is 16.4. The normalized spacial score (nSPS) is 14.4. The molecule has 5 rings (SSSR count). The van der Waals surface area contributed by atoms with Crippen molar-refractivity contribution in [1.82, 2.24) is 0 Å². The van der Waals surface area contributed by atoms with Gasteiger partial charge in [-0.25, -0.2) is 0 Å². The summed E-state index contributed by atoms with van der Waals surface area (Å²) in [6.07, 6.45) is 2.29. The summed E-state index contributed by atoms with van der Waals surface area (Å²) in [5.74, 6) is 0.907. The first-order valence-corrected chi connectivity index (χ1v) is 9.96. The lowest BCUT2D eigenvalue weighted by Gasteiger charge is -2.38. The fraction of sp³-hybridized carbons (Fsp3) is 0.0714. The molecule has 1 nitrogen and oxygen atoms in total. The fourth-order valence-electron chi connectivity index (χ4n) is 4.11. The van der Waals surface area contributed by atoms with Crippen LogP contribution in [0.5, 0.6) is 5.75 Å². The predicted octanol–water partition coefficient (Wildman–Crippen LogP) is 6.76. The minimum absolute atomic E-state index is 0.685. The lowest BCUT2D eigenvalue weighted by atomic mass is 9.79. The van der Waals surface area contributed by atoms with E-state index in [9.17, 15) is 0 Å². The molecule has 0 aliphatic carbocycles. The highest BCUT2D eigenvalue weighted by Gasteiger charge is 2.39. The Hall–Kier alpha value is -3.58. The van der Waals surface area contributed by atoms with Crippen molar-refractivity contribution < 1.29 is 4.74 Å². The van der Waals surface area contributed by atoms with E-state index in [0.717, 1.165) is 22.4 Å². The third kappa shape index (κ3) is 3.05. The van der Waals surface area contributed by atoms with Gasteiger partial charge in [-0.2, -0.15) is 0 Å². The van der Waals surface area contributed by atoms with Crippen LogP contribution in [0, 0.1) is 6.92 Å². The molecule has 1 heterocycles. The van der Waals surface area contributed by atoms with Crippen LogP contribution in [-0.4, -0.2) is 0 Å². The summed E-state index contributed by atoms with van der Waals surface area (Å²) in [4.78, 5) is 0. The highest BCUT2D eigenvalue weighted by Crippen LogP contribution is 2.47. The Morgan fingerprint density at radius 1 is 0.621 bits per heavy atom. The smallest absolute Gasteiger partial charge is 0.178 e. The molecule has 0 N–H and O–H groups in total.